The van der Waals surface area contributed by atoms with Gasteiger partial charge < -0.3 is 15.2 Å². The van der Waals surface area contributed by atoms with Crippen LogP contribution in [0.5, 0.6) is 5.75 Å². The third kappa shape index (κ3) is 6.59. The Morgan fingerprint density at radius 1 is 1.24 bits per heavy atom. The van der Waals surface area contributed by atoms with Crippen molar-refractivity contribution in [3.8, 4) is 5.75 Å². The number of ether oxygens (including phenoxy) is 1. The monoisotopic (exact) mass is 471 g/mol. The second-order valence-corrected chi connectivity index (χ2v) is 11.1. The van der Waals surface area contributed by atoms with Gasteiger partial charge in [-0.3, -0.25) is 9.59 Å². The lowest BCUT2D eigenvalue weighted by Gasteiger charge is -2.45. The van der Waals surface area contributed by atoms with Crippen molar-refractivity contribution in [2.24, 2.45) is 17.3 Å². The maximum atomic E-state index is 13.3. The summed E-state index contributed by atoms with van der Waals surface area (Å²) in [5.74, 6) is 0.873. The van der Waals surface area contributed by atoms with Gasteiger partial charge in [0, 0.05) is 27.9 Å². The van der Waals surface area contributed by atoms with Crippen LogP contribution in [0.15, 0.2) is 35.7 Å². The fourth-order valence-electron chi connectivity index (χ4n) is 5.15. The van der Waals surface area contributed by atoms with Crippen molar-refractivity contribution in [1.82, 2.24) is 5.32 Å². The van der Waals surface area contributed by atoms with Crippen LogP contribution in [-0.4, -0.2) is 30.1 Å². The second kappa shape index (κ2) is 11.2. The fourth-order valence-corrected chi connectivity index (χ4v) is 6.07. The minimum Gasteiger partial charge on any atom is -0.497 e. The summed E-state index contributed by atoms with van der Waals surface area (Å²) in [4.78, 5) is 24.1. The number of hydrogen-bond acceptors (Lipinski definition) is 4. The number of methoxy groups -OCH3 is 1. The third-order valence-corrected chi connectivity index (χ3v) is 7.82. The van der Waals surface area contributed by atoms with Crippen molar-refractivity contribution in [1.29, 1.82) is 0 Å². The van der Waals surface area contributed by atoms with Gasteiger partial charge >= 0.3 is 5.97 Å². The Kier molecular flexibility index (Phi) is 8.57. The normalized spacial score (nSPS) is 21.4. The van der Waals surface area contributed by atoms with Crippen molar-refractivity contribution >= 4 is 33.3 Å². The Morgan fingerprint density at radius 3 is 2.73 bits per heavy atom. The molecule has 5 nitrogen and oxygen atoms in total. The van der Waals surface area contributed by atoms with Crippen molar-refractivity contribution < 1.29 is 19.4 Å². The molecular formula is C27H37NO4S. The summed E-state index contributed by atoms with van der Waals surface area (Å²) in [6.07, 6.45) is 10.1. The average Bonchev–Trinajstić information content (AvgIpc) is 3.19. The number of carbonyl (C=O) groups is 2. The lowest BCUT2D eigenvalue weighted by Crippen LogP contribution is -2.48. The van der Waals surface area contributed by atoms with Gasteiger partial charge in [0.15, 0.2) is 0 Å². The number of amides is 1. The topological polar surface area (TPSA) is 75.6 Å². The van der Waals surface area contributed by atoms with Gasteiger partial charge in [-0.1, -0.05) is 39.3 Å². The number of rotatable bonds is 9. The molecule has 0 spiro atoms. The summed E-state index contributed by atoms with van der Waals surface area (Å²) in [5, 5.41) is 15.1. The molecule has 180 valence electrons. The molecular weight excluding hydrogens is 434 g/mol. The maximum absolute atomic E-state index is 13.3. The fraction of sp³-hybridized carbons (Fsp3) is 0.556. The van der Waals surface area contributed by atoms with E-state index in [-0.39, 0.29) is 23.8 Å². The van der Waals surface area contributed by atoms with Gasteiger partial charge in [0.25, 0.3) is 5.91 Å². The molecule has 1 aliphatic rings. The molecule has 1 heterocycles. The van der Waals surface area contributed by atoms with Crippen molar-refractivity contribution in [3.05, 3.63) is 41.3 Å². The first-order chi connectivity index (χ1) is 15.7. The highest BCUT2D eigenvalue weighted by Gasteiger charge is 2.39. The van der Waals surface area contributed by atoms with Gasteiger partial charge in [0.2, 0.25) is 0 Å². The Bertz CT molecular complexity index is 988. The average molecular weight is 472 g/mol. The zero-order chi connectivity index (χ0) is 24.0. The summed E-state index contributed by atoms with van der Waals surface area (Å²) in [6.45, 7) is 6.89. The molecule has 0 saturated heterocycles. The molecule has 0 bridgehead atoms. The number of fused-ring (bicyclic) bond motifs is 1. The first-order valence-corrected chi connectivity index (χ1v) is 12.8. The van der Waals surface area contributed by atoms with E-state index in [1.807, 2.05) is 23.6 Å². The highest BCUT2D eigenvalue weighted by molar-refractivity contribution is 7.17. The van der Waals surface area contributed by atoms with E-state index in [1.54, 1.807) is 18.4 Å². The predicted octanol–water partition coefficient (Wildman–Crippen LogP) is 6.67. The Balaban J connectivity index is 1.75. The number of aliphatic carboxylic acids is 1. The van der Waals surface area contributed by atoms with Crippen molar-refractivity contribution in [2.45, 2.75) is 71.8 Å². The van der Waals surface area contributed by atoms with Gasteiger partial charge in [-0.15, -0.1) is 11.3 Å². The summed E-state index contributed by atoms with van der Waals surface area (Å²) in [7, 11) is 1.64. The molecule has 3 rings (SSSR count). The standard InChI is InChI=1S/C27H37NO4S/c1-27(2,3)22-11-9-12-23(19(22)10-7-5-6-8-13-25(29)30)28-26(31)21-17-33-24-15-14-18(32-4)16-20(21)24/h5,7,14-17,19,22-23H,6,8-13H2,1-4H3,(H,28,31)(H,29,30)/t19-,22+,23?/m1/s1. The van der Waals surface area contributed by atoms with E-state index in [0.717, 1.165) is 47.1 Å². The van der Waals surface area contributed by atoms with E-state index in [0.29, 0.717) is 18.3 Å². The first kappa shape index (κ1) is 25.3. The van der Waals surface area contributed by atoms with Crippen LogP contribution in [0.2, 0.25) is 0 Å². The molecule has 2 N–H and O–H groups in total. The Hall–Kier alpha value is -2.34. The minimum atomic E-state index is -0.746. The number of carboxylic acids is 1. The molecule has 1 amide bonds. The van der Waals surface area contributed by atoms with E-state index < -0.39 is 5.97 Å². The van der Waals surface area contributed by atoms with Gasteiger partial charge in [0.1, 0.15) is 5.75 Å². The number of nitrogens with one attached hydrogen (secondary N) is 1. The number of thiophene rings is 1. The molecule has 1 aromatic carbocycles. The second-order valence-electron chi connectivity index (χ2n) is 10.2. The zero-order valence-electron chi connectivity index (χ0n) is 20.2. The molecule has 3 atom stereocenters. The molecule has 6 heteroatoms. The van der Waals surface area contributed by atoms with E-state index >= 15 is 0 Å². The lowest BCUT2D eigenvalue weighted by atomic mass is 9.63. The van der Waals surface area contributed by atoms with Crippen LogP contribution in [0.1, 0.15) is 76.1 Å². The number of carbonyl (C=O) groups excluding carboxylic acids is 1. The smallest absolute Gasteiger partial charge is 0.303 e. The van der Waals surface area contributed by atoms with Crippen LogP contribution in [0.25, 0.3) is 10.1 Å². The third-order valence-electron chi connectivity index (χ3n) is 6.85. The number of hydrogen-bond donors (Lipinski definition) is 2. The Morgan fingerprint density at radius 2 is 2.03 bits per heavy atom. The highest BCUT2D eigenvalue weighted by Crippen LogP contribution is 2.44. The molecule has 33 heavy (non-hydrogen) atoms. The molecule has 0 radical (unpaired) electrons. The van der Waals surface area contributed by atoms with Crippen LogP contribution < -0.4 is 10.1 Å². The summed E-state index contributed by atoms with van der Waals surface area (Å²) < 4.78 is 6.44. The number of allylic oxidation sites excluding steroid dienone is 2. The van der Waals surface area contributed by atoms with Crippen LogP contribution in [-0.2, 0) is 4.79 Å². The summed E-state index contributed by atoms with van der Waals surface area (Å²) >= 11 is 1.58. The lowest BCUT2D eigenvalue weighted by molar-refractivity contribution is -0.137. The van der Waals surface area contributed by atoms with Gasteiger partial charge in [0.05, 0.1) is 12.7 Å². The molecule has 0 aliphatic heterocycles. The maximum Gasteiger partial charge on any atom is 0.303 e. The summed E-state index contributed by atoms with van der Waals surface area (Å²) in [6, 6.07) is 5.99. The van der Waals surface area contributed by atoms with Gasteiger partial charge in [-0.05, 0) is 67.6 Å². The number of carboxylic acid groups (broad SMARTS) is 1. The predicted molar refractivity (Wildman–Crippen MR) is 135 cm³/mol. The van der Waals surface area contributed by atoms with Crippen LogP contribution in [0.4, 0.5) is 0 Å². The van der Waals surface area contributed by atoms with Crippen LogP contribution >= 0.6 is 11.3 Å². The van der Waals surface area contributed by atoms with E-state index in [2.05, 4.69) is 38.2 Å². The van der Waals surface area contributed by atoms with Crippen LogP contribution in [0.3, 0.4) is 0 Å². The van der Waals surface area contributed by atoms with Gasteiger partial charge in [-0.2, -0.15) is 0 Å². The van der Waals surface area contributed by atoms with Crippen molar-refractivity contribution in [3.63, 3.8) is 0 Å². The van der Waals surface area contributed by atoms with Crippen LogP contribution in [0, 0.1) is 17.3 Å². The summed E-state index contributed by atoms with van der Waals surface area (Å²) in [5.41, 5.74) is 0.878. The molecule has 1 fully saturated rings. The molecule has 1 saturated carbocycles. The molecule has 1 aromatic heterocycles. The Labute approximate surface area is 201 Å². The van der Waals surface area contributed by atoms with E-state index in [9.17, 15) is 9.59 Å². The largest absolute Gasteiger partial charge is 0.497 e. The molecule has 1 unspecified atom stereocenters. The number of benzene rings is 1. The highest BCUT2D eigenvalue weighted by atomic mass is 32.1. The van der Waals surface area contributed by atoms with E-state index in [1.165, 1.54) is 6.42 Å². The van der Waals surface area contributed by atoms with E-state index in [4.69, 9.17) is 9.84 Å². The van der Waals surface area contributed by atoms with Crippen molar-refractivity contribution in [2.75, 3.05) is 7.11 Å². The minimum absolute atomic E-state index is 0.00972. The number of unbranched alkanes of at least 4 members (excludes halogenated alkanes) is 1. The molecule has 2 aromatic rings. The van der Waals surface area contributed by atoms with Gasteiger partial charge in [-0.25, -0.2) is 0 Å². The first-order valence-electron chi connectivity index (χ1n) is 11.9. The quantitative estimate of drug-likeness (QED) is 0.316. The zero-order valence-corrected chi connectivity index (χ0v) is 21.0. The SMILES string of the molecule is COc1ccc2scc(C(=O)NC3CCC[C@H](C(C)(C)C)[C@H]3CC=CCCCC(=O)O)c2c1. The molecule has 1 aliphatic carbocycles.